The van der Waals surface area contributed by atoms with Crippen molar-refractivity contribution in [1.82, 2.24) is 4.90 Å². The lowest BCUT2D eigenvalue weighted by Gasteiger charge is -2.26. The van der Waals surface area contributed by atoms with Gasteiger partial charge in [0.25, 0.3) is 0 Å². The maximum Gasteiger partial charge on any atom is 0.410 e. The molecule has 102 valence electrons. The highest BCUT2D eigenvalue weighted by molar-refractivity contribution is 14.0. The van der Waals surface area contributed by atoms with Crippen LogP contribution in [0, 0.1) is 0 Å². The predicted octanol–water partition coefficient (Wildman–Crippen LogP) is 1.13. The highest BCUT2D eigenvalue weighted by Crippen LogP contribution is 2.09. The van der Waals surface area contributed by atoms with E-state index >= 15 is 0 Å². The number of guanidine groups is 1. The highest BCUT2D eigenvalue weighted by atomic mass is 127. The Bertz CT molecular complexity index is 260. The Labute approximate surface area is 120 Å². The number of hydrogen-bond donors (Lipinski definition) is 2. The molecule has 17 heavy (non-hydrogen) atoms. The first-order chi connectivity index (χ1) is 7.26. The van der Waals surface area contributed by atoms with Gasteiger partial charge in [-0.2, -0.15) is 0 Å². The van der Waals surface area contributed by atoms with Crippen LogP contribution in [0.1, 0.15) is 27.7 Å². The zero-order valence-electron chi connectivity index (χ0n) is 10.9. The lowest BCUT2D eigenvalue weighted by atomic mass is 10.2. The number of nitrogens with zero attached hydrogens (tertiary/aromatic N) is 2. The van der Waals surface area contributed by atoms with Crippen LogP contribution in [0.4, 0.5) is 4.79 Å². The predicted molar refractivity (Wildman–Crippen MR) is 79.6 cm³/mol. The molecule has 7 heteroatoms. The lowest BCUT2D eigenvalue weighted by molar-refractivity contribution is 0.0266. The smallest absolute Gasteiger partial charge is 0.410 e. The molecule has 0 rings (SSSR count). The first-order valence-electron chi connectivity index (χ1n) is 5.29. The van der Waals surface area contributed by atoms with Gasteiger partial charge in [0, 0.05) is 13.1 Å². The first-order valence-corrected chi connectivity index (χ1v) is 5.29. The van der Waals surface area contributed by atoms with E-state index in [1.807, 2.05) is 27.7 Å². The molecule has 0 saturated heterocycles. The topological polar surface area (TPSA) is 93.9 Å². The summed E-state index contributed by atoms with van der Waals surface area (Å²) in [7, 11) is 0. The minimum atomic E-state index is -0.485. The fourth-order valence-electron chi connectivity index (χ4n) is 1.00. The normalized spacial score (nSPS) is 10.1. The van der Waals surface area contributed by atoms with Gasteiger partial charge in [-0.05, 0) is 27.7 Å². The summed E-state index contributed by atoms with van der Waals surface area (Å²) in [5.74, 6) is 0.0280. The Morgan fingerprint density at radius 3 is 2.24 bits per heavy atom. The minimum Gasteiger partial charge on any atom is -0.444 e. The van der Waals surface area contributed by atoms with Crippen molar-refractivity contribution in [1.29, 1.82) is 0 Å². The summed E-state index contributed by atoms with van der Waals surface area (Å²) in [6.45, 7) is 8.76. The fraction of sp³-hybridized carbons (Fsp3) is 0.800. The van der Waals surface area contributed by atoms with Crippen LogP contribution in [-0.2, 0) is 4.74 Å². The summed E-state index contributed by atoms with van der Waals surface area (Å²) < 4.78 is 5.22. The van der Waals surface area contributed by atoms with Gasteiger partial charge in [0.2, 0.25) is 0 Å². The number of aliphatic imine (C=N–C) groups is 1. The van der Waals surface area contributed by atoms with Crippen molar-refractivity contribution in [2.75, 3.05) is 19.6 Å². The molecule has 0 fully saturated rings. The third kappa shape index (κ3) is 10.2. The van der Waals surface area contributed by atoms with Crippen LogP contribution < -0.4 is 11.5 Å². The van der Waals surface area contributed by atoms with E-state index in [9.17, 15) is 4.79 Å². The summed E-state index contributed by atoms with van der Waals surface area (Å²) in [5, 5.41) is 0. The molecule has 0 atom stereocenters. The Morgan fingerprint density at radius 2 is 1.88 bits per heavy atom. The molecule has 4 N–H and O–H groups in total. The van der Waals surface area contributed by atoms with E-state index < -0.39 is 5.60 Å². The molecule has 0 bridgehead atoms. The summed E-state index contributed by atoms with van der Waals surface area (Å²) in [4.78, 5) is 17.0. The van der Waals surface area contributed by atoms with Crippen LogP contribution in [0.15, 0.2) is 4.99 Å². The van der Waals surface area contributed by atoms with E-state index in [2.05, 4.69) is 4.99 Å². The number of halogens is 1. The molecular formula is C10H23IN4O2. The van der Waals surface area contributed by atoms with Crippen molar-refractivity contribution >= 4 is 36.0 Å². The van der Waals surface area contributed by atoms with Crippen molar-refractivity contribution in [2.45, 2.75) is 33.3 Å². The summed E-state index contributed by atoms with van der Waals surface area (Å²) in [6, 6.07) is 0. The molecule has 1 amide bonds. The number of ether oxygens (including phenoxy) is 1. The molecule has 0 unspecified atom stereocenters. The van der Waals surface area contributed by atoms with Crippen molar-refractivity contribution in [2.24, 2.45) is 16.5 Å². The third-order valence-corrected chi connectivity index (χ3v) is 1.70. The molecule has 6 nitrogen and oxygen atoms in total. The van der Waals surface area contributed by atoms with Gasteiger partial charge < -0.3 is 21.1 Å². The van der Waals surface area contributed by atoms with Gasteiger partial charge in [0.15, 0.2) is 5.96 Å². The highest BCUT2D eigenvalue weighted by Gasteiger charge is 2.20. The number of nitrogens with two attached hydrogens (primary N) is 2. The Balaban J connectivity index is 0. The molecule has 0 aliphatic carbocycles. The van der Waals surface area contributed by atoms with E-state index in [-0.39, 0.29) is 36.0 Å². The van der Waals surface area contributed by atoms with E-state index in [0.29, 0.717) is 19.6 Å². The number of amides is 1. The second-order valence-corrected chi connectivity index (χ2v) is 4.37. The van der Waals surface area contributed by atoms with Gasteiger partial charge in [0.1, 0.15) is 5.60 Å². The molecule has 0 aliphatic heterocycles. The Kier molecular flexibility index (Phi) is 9.18. The largest absolute Gasteiger partial charge is 0.444 e. The molecule has 0 heterocycles. The van der Waals surface area contributed by atoms with Gasteiger partial charge in [-0.25, -0.2) is 4.79 Å². The van der Waals surface area contributed by atoms with Crippen LogP contribution in [0.5, 0.6) is 0 Å². The first kappa shape index (κ1) is 18.6. The lowest BCUT2D eigenvalue weighted by Crippen LogP contribution is -2.38. The summed E-state index contributed by atoms with van der Waals surface area (Å²) in [6.07, 6.45) is -0.346. The van der Waals surface area contributed by atoms with Crippen molar-refractivity contribution in [3.63, 3.8) is 0 Å². The number of hydrogen-bond acceptors (Lipinski definition) is 3. The fourth-order valence-corrected chi connectivity index (χ4v) is 1.00. The SMILES string of the molecule is CCN(CCN=C(N)N)C(=O)OC(C)(C)C.I. The molecule has 0 radical (unpaired) electrons. The van der Waals surface area contributed by atoms with E-state index in [1.165, 1.54) is 0 Å². The summed E-state index contributed by atoms with van der Waals surface area (Å²) in [5.41, 5.74) is 9.90. The molecular weight excluding hydrogens is 335 g/mol. The zero-order valence-corrected chi connectivity index (χ0v) is 13.2. The molecule has 0 aromatic rings. The van der Waals surface area contributed by atoms with Crippen molar-refractivity contribution < 1.29 is 9.53 Å². The van der Waals surface area contributed by atoms with E-state index in [4.69, 9.17) is 16.2 Å². The van der Waals surface area contributed by atoms with Crippen LogP contribution in [0.3, 0.4) is 0 Å². The average molecular weight is 358 g/mol. The van der Waals surface area contributed by atoms with Crippen LogP contribution in [0.2, 0.25) is 0 Å². The molecule has 0 aliphatic rings. The van der Waals surface area contributed by atoms with Crippen molar-refractivity contribution in [3.05, 3.63) is 0 Å². The summed E-state index contributed by atoms with van der Waals surface area (Å²) >= 11 is 0. The third-order valence-electron chi connectivity index (χ3n) is 1.70. The number of likely N-dealkylation sites (N-methyl/N-ethyl adjacent to an activating group) is 1. The van der Waals surface area contributed by atoms with E-state index in [0.717, 1.165) is 0 Å². The van der Waals surface area contributed by atoms with Crippen LogP contribution >= 0.6 is 24.0 Å². The van der Waals surface area contributed by atoms with Gasteiger partial charge in [-0.3, -0.25) is 4.99 Å². The number of rotatable bonds is 4. The molecule has 0 spiro atoms. The molecule has 0 aromatic carbocycles. The number of carbonyl (C=O) groups is 1. The average Bonchev–Trinajstić information content (AvgIpc) is 2.08. The minimum absolute atomic E-state index is 0. The molecule has 0 aromatic heterocycles. The van der Waals surface area contributed by atoms with Crippen LogP contribution in [0.25, 0.3) is 0 Å². The maximum atomic E-state index is 11.7. The van der Waals surface area contributed by atoms with Gasteiger partial charge in [-0.1, -0.05) is 0 Å². The Morgan fingerprint density at radius 1 is 1.35 bits per heavy atom. The number of carbonyl (C=O) groups excluding carboxylic acids is 1. The second-order valence-electron chi connectivity index (χ2n) is 4.37. The van der Waals surface area contributed by atoms with Gasteiger partial charge in [0.05, 0.1) is 6.54 Å². The van der Waals surface area contributed by atoms with Gasteiger partial charge in [-0.15, -0.1) is 24.0 Å². The maximum absolute atomic E-state index is 11.7. The standard InChI is InChI=1S/C10H22N4O2.HI/c1-5-14(7-6-13-8(11)12)9(15)16-10(2,3)4;/h5-7H2,1-4H3,(H4,11,12,13);1H. The van der Waals surface area contributed by atoms with Crippen molar-refractivity contribution in [3.8, 4) is 0 Å². The van der Waals surface area contributed by atoms with E-state index in [1.54, 1.807) is 4.90 Å². The second kappa shape index (κ2) is 8.37. The monoisotopic (exact) mass is 358 g/mol. The Hall–Kier alpha value is -0.730. The van der Waals surface area contributed by atoms with Gasteiger partial charge >= 0.3 is 6.09 Å². The zero-order chi connectivity index (χ0) is 12.8. The quantitative estimate of drug-likeness (QED) is 0.448. The van der Waals surface area contributed by atoms with Crippen LogP contribution in [-0.4, -0.2) is 42.2 Å². The molecule has 0 saturated carbocycles.